The molecule has 2 N–H and O–H groups in total. The van der Waals surface area contributed by atoms with Gasteiger partial charge in [0.1, 0.15) is 5.82 Å². The van der Waals surface area contributed by atoms with Crippen LogP contribution >= 0.6 is 0 Å². The molecule has 0 spiro atoms. The first-order chi connectivity index (χ1) is 8.70. The van der Waals surface area contributed by atoms with E-state index in [0.717, 1.165) is 24.6 Å². The van der Waals surface area contributed by atoms with Crippen molar-refractivity contribution in [1.29, 1.82) is 0 Å². The SMILES string of the molecule is CCNc1cc(NCc2cnn(C)c2C)ccn1. The molecule has 0 aliphatic rings. The Labute approximate surface area is 107 Å². The number of aryl methyl sites for hydroxylation is 1. The van der Waals surface area contributed by atoms with E-state index >= 15 is 0 Å². The number of rotatable bonds is 5. The second-order valence-corrected chi connectivity index (χ2v) is 4.19. The fourth-order valence-electron chi connectivity index (χ4n) is 1.73. The van der Waals surface area contributed by atoms with Crippen LogP contribution in [0.15, 0.2) is 24.5 Å². The highest BCUT2D eigenvalue weighted by molar-refractivity contribution is 5.52. The molecule has 0 bridgehead atoms. The summed E-state index contributed by atoms with van der Waals surface area (Å²) >= 11 is 0. The quantitative estimate of drug-likeness (QED) is 0.847. The number of nitrogens with one attached hydrogen (secondary N) is 2. The van der Waals surface area contributed by atoms with Gasteiger partial charge in [0.15, 0.2) is 0 Å². The van der Waals surface area contributed by atoms with Gasteiger partial charge in [0, 0.05) is 49.3 Å². The third kappa shape index (κ3) is 2.80. The first kappa shape index (κ1) is 12.4. The summed E-state index contributed by atoms with van der Waals surface area (Å²) in [7, 11) is 1.95. The summed E-state index contributed by atoms with van der Waals surface area (Å²) in [5.41, 5.74) is 3.45. The van der Waals surface area contributed by atoms with Crippen molar-refractivity contribution >= 4 is 11.5 Å². The highest BCUT2D eigenvalue weighted by Gasteiger charge is 2.03. The molecule has 5 heteroatoms. The van der Waals surface area contributed by atoms with Gasteiger partial charge >= 0.3 is 0 Å². The van der Waals surface area contributed by atoms with Crippen LogP contribution in [0.1, 0.15) is 18.2 Å². The van der Waals surface area contributed by atoms with E-state index in [4.69, 9.17) is 0 Å². The fourth-order valence-corrected chi connectivity index (χ4v) is 1.73. The van der Waals surface area contributed by atoms with E-state index in [1.807, 2.05) is 30.1 Å². The number of pyridine rings is 1. The van der Waals surface area contributed by atoms with Gasteiger partial charge in [0.25, 0.3) is 0 Å². The summed E-state index contributed by atoms with van der Waals surface area (Å²) in [4.78, 5) is 4.24. The lowest BCUT2D eigenvalue weighted by Gasteiger charge is -2.08. The van der Waals surface area contributed by atoms with Crippen LogP contribution in [0.3, 0.4) is 0 Å². The Balaban J connectivity index is 2.01. The van der Waals surface area contributed by atoms with E-state index in [0.29, 0.717) is 0 Å². The molecule has 0 saturated carbocycles. The minimum atomic E-state index is 0.773. The van der Waals surface area contributed by atoms with E-state index in [9.17, 15) is 0 Å². The molecule has 0 aliphatic carbocycles. The lowest BCUT2D eigenvalue weighted by Crippen LogP contribution is -2.03. The Hall–Kier alpha value is -2.04. The summed E-state index contributed by atoms with van der Waals surface area (Å²) in [6, 6.07) is 3.97. The third-order valence-corrected chi connectivity index (χ3v) is 2.94. The van der Waals surface area contributed by atoms with Gasteiger partial charge in [-0.3, -0.25) is 4.68 Å². The van der Waals surface area contributed by atoms with Crippen molar-refractivity contribution in [2.75, 3.05) is 17.2 Å². The third-order valence-electron chi connectivity index (χ3n) is 2.94. The second kappa shape index (κ2) is 5.53. The summed E-state index contributed by atoms with van der Waals surface area (Å²) < 4.78 is 1.88. The van der Waals surface area contributed by atoms with Gasteiger partial charge in [0.05, 0.1) is 6.20 Å². The molecule has 0 aliphatic heterocycles. The van der Waals surface area contributed by atoms with Crippen LogP contribution in [0.5, 0.6) is 0 Å². The van der Waals surface area contributed by atoms with Gasteiger partial charge in [-0.15, -0.1) is 0 Å². The average Bonchev–Trinajstić information content (AvgIpc) is 2.69. The van der Waals surface area contributed by atoms with Crippen molar-refractivity contribution in [2.24, 2.45) is 7.05 Å². The lowest BCUT2D eigenvalue weighted by atomic mass is 10.2. The topological polar surface area (TPSA) is 54.8 Å². The number of hydrogen-bond donors (Lipinski definition) is 2. The minimum absolute atomic E-state index is 0.773. The molecular weight excluding hydrogens is 226 g/mol. The van der Waals surface area contributed by atoms with E-state index in [1.165, 1.54) is 11.3 Å². The van der Waals surface area contributed by atoms with Crippen LogP contribution in [-0.4, -0.2) is 21.3 Å². The predicted octanol–water partition coefficient (Wildman–Crippen LogP) is 2.17. The summed E-state index contributed by atoms with van der Waals surface area (Å²) in [6.45, 7) is 5.77. The first-order valence-electron chi connectivity index (χ1n) is 6.12. The van der Waals surface area contributed by atoms with Crippen molar-refractivity contribution in [3.8, 4) is 0 Å². The highest BCUT2D eigenvalue weighted by atomic mass is 15.3. The zero-order valence-electron chi connectivity index (χ0n) is 11.1. The van der Waals surface area contributed by atoms with Crippen LogP contribution < -0.4 is 10.6 Å². The molecule has 0 unspecified atom stereocenters. The molecule has 0 saturated heterocycles. The fraction of sp³-hybridized carbons (Fsp3) is 0.385. The Bertz CT molecular complexity index is 518. The molecule has 2 rings (SSSR count). The van der Waals surface area contributed by atoms with Crippen molar-refractivity contribution < 1.29 is 0 Å². The maximum atomic E-state index is 4.24. The molecule has 0 aromatic carbocycles. The van der Waals surface area contributed by atoms with Crippen LogP contribution in [-0.2, 0) is 13.6 Å². The van der Waals surface area contributed by atoms with Crippen molar-refractivity contribution in [3.63, 3.8) is 0 Å². The predicted molar refractivity (Wildman–Crippen MR) is 73.7 cm³/mol. The molecule has 2 aromatic heterocycles. The molecule has 2 aromatic rings. The number of aromatic nitrogens is 3. The van der Waals surface area contributed by atoms with Gasteiger partial charge in [-0.2, -0.15) is 5.10 Å². The molecule has 0 fully saturated rings. The van der Waals surface area contributed by atoms with Gasteiger partial charge in [0.2, 0.25) is 0 Å². The Morgan fingerprint density at radius 1 is 1.33 bits per heavy atom. The zero-order chi connectivity index (χ0) is 13.0. The van der Waals surface area contributed by atoms with E-state index in [-0.39, 0.29) is 0 Å². The molecular formula is C13H19N5. The molecule has 0 amide bonds. The molecule has 96 valence electrons. The van der Waals surface area contributed by atoms with Crippen molar-refractivity contribution in [1.82, 2.24) is 14.8 Å². The second-order valence-electron chi connectivity index (χ2n) is 4.19. The number of nitrogens with zero attached hydrogens (tertiary/aromatic N) is 3. The van der Waals surface area contributed by atoms with Gasteiger partial charge < -0.3 is 10.6 Å². The maximum absolute atomic E-state index is 4.24. The molecule has 18 heavy (non-hydrogen) atoms. The molecule has 2 heterocycles. The Kier molecular flexibility index (Phi) is 3.82. The molecule has 0 atom stereocenters. The number of anilines is 2. The van der Waals surface area contributed by atoms with E-state index < -0.39 is 0 Å². The van der Waals surface area contributed by atoms with Gasteiger partial charge in [-0.25, -0.2) is 4.98 Å². The normalized spacial score (nSPS) is 10.4. The highest BCUT2D eigenvalue weighted by Crippen LogP contribution is 2.14. The van der Waals surface area contributed by atoms with Crippen LogP contribution in [0.2, 0.25) is 0 Å². The minimum Gasteiger partial charge on any atom is -0.381 e. The van der Waals surface area contributed by atoms with E-state index in [2.05, 4.69) is 34.6 Å². The summed E-state index contributed by atoms with van der Waals surface area (Å²) in [6.07, 6.45) is 3.70. The monoisotopic (exact) mass is 245 g/mol. The molecule has 5 nitrogen and oxygen atoms in total. The average molecular weight is 245 g/mol. The first-order valence-corrected chi connectivity index (χ1v) is 6.12. The van der Waals surface area contributed by atoms with Crippen LogP contribution in [0.4, 0.5) is 11.5 Å². The Morgan fingerprint density at radius 2 is 2.17 bits per heavy atom. The van der Waals surface area contributed by atoms with Crippen LogP contribution in [0.25, 0.3) is 0 Å². The molecule has 0 radical (unpaired) electrons. The van der Waals surface area contributed by atoms with Gasteiger partial charge in [-0.1, -0.05) is 0 Å². The smallest absolute Gasteiger partial charge is 0.127 e. The van der Waals surface area contributed by atoms with Crippen LogP contribution in [0, 0.1) is 6.92 Å². The standard InChI is InChI=1S/C13H19N5/c1-4-14-13-7-12(5-6-15-13)16-8-11-9-17-18(3)10(11)2/h5-7,9H,4,8H2,1-3H3,(H2,14,15,16). The maximum Gasteiger partial charge on any atom is 0.127 e. The van der Waals surface area contributed by atoms with E-state index in [1.54, 1.807) is 6.20 Å². The van der Waals surface area contributed by atoms with Crippen molar-refractivity contribution in [3.05, 3.63) is 35.8 Å². The largest absolute Gasteiger partial charge is 0.381 e. The summed E-state index contributed by atoms with van der Waals surface area (Å²) in [5, 5.41) is 10.8. The zero-order valence-corrected chi connectivity index (χ0v) is 11.1. The van der Waals surface area contributed by atoms with Crippen molar-refractivity contribution in [2.45, 2.75) is 20.4 Å². The number of hydrogen-bond acceptors (Lipinski definition) is 4. The summed E-state index contributed by atoms with van der Waals surface area (Å²) in [5.74, 6) is 0.894. The lowest BCUT2D eigenvalue weighted by molar-refractivity contribution is 0.738. The van der Waals surface area contributed by atoms with Gasteiger partial charge in [-0.05, 0) is 19.9 Å². The Morgan fingerprint density at radius 3 is 2.83 bits per heavy atom.